The van der Waals surface area contributed by atoms with E-state index in [2.05, 4.69) is 26.6 Å². The number of ketones is 2. The lowest BCUT2D eigenvalue weighted by Crippen LogP contribution is -2.24. The number of halogens is 1. The van der Waals surface area contributed by atoms with Gasteiger partial charge in [-0.05, 0) is 37.3 Å². The molecule has 4 aromatic rings. The van der Waals surface area contributed by atoms with Crippen LogP contribution in [0.5, 0.6) is 0 Å². The maximum absolute atomic E-state index is 13.1. The van der Waals surface area contributed by atoms with Crippen molar-refractivity contribution < 1.29 is 14.4 Å². The second-order valence-corrected chi connectivity index (χ2v) is 8.95. The van der Waals surface area contributed by atoms with Crippen LogP contribution < -0.4 is 10.6 Å². The lowest BCUT2D eigenvalue weighted by atomic mass is 9.99. The maximum atomic E-state index is 13.1. The number of carbonyl (C=O) groups excluding carboxylic acids is 3. The van der Waals surface area contributed by atoms with Gasteiger partial charge in [-0.3, -0.25) is 14.4 Å². The molecule has 0 aliphatic heterocycles. The number of nitrogens with one attached hydrogen (secondary N) is 2. The van der Waals surface area contributed by atoms with Crippen molar-refractivity contribution in [2.45, 2.75) is 6.92 Å². The first-order chi connectivity index (χ1) is 16.9. The molecule has 0 heterocycles. The van der Waals surface area contributed by atoms with E-state index in [1.54, 1.807) is 66.7 Å². The summed E-state index contributed by atoms with van der Waals surface area (Å²) in [6, 6.07) is 28.5. The second kappa shape index (κ2) is 10.9. The summed E-state index contributed by atoms with van der Waals surface area (Å²) in [6.07, 6.45) is 0. The third kappa shape index (κ3) is 5.91. The lowest BCUT2D eigenvalue weighted by molar-refractivity contribution is -0.114. The second-order valence-electron chi connectivity index (χ2n) is 8.03. The highest BCUT2D eigenvalue weighted by atomic mass is 79.9. The van der Waals surface area contributed by atoms with E-state index in [0.717, 1.165) is 10.0 Å². The van der Waals surface area contributed by atoms with E-state index < -0.39 is 0 Å². The smallest absolute Gasteiger partial charge is 0.243 e. The van der Waals surface area contributed by atoms with Gasteiger partial charge >= 0.3 is 0 Å². The zero-order valence-electron chi connectivity index (χ0n) is 19.0. The number of rotatable bonds is 8. The summed E-state index contributed by atoms with van der Waals surface area (Å²) in [7, 11) is 0. The van der Waals surface area contributed by atoms with Crippen LogP contribution in [0.15, 0.2) is 102 Å². The fourth-order valence-corrected chi connectivity index (χ4v) is 4.03. The van der Waals surface area contributed by atoms with Crippen LogP contribution in [0.25, 0.3) is 0 Å². The zero-order chi connectivity index (χ0) is 24.8. The van der Waals surface area contributed by atoms with Gasteiger partial charge < -0.3 is 10.6 Å². The SMILES string of the molecule is Cc1ccc(NC(=O)CNc2ccc(Br)cc2C(=O)c2ccccc2)c(C(=O)c2ccccc2)c1. The first kappa shape index (κ1) is 24.1. The van der Waals surface area contributed by atoms with E-state index >= 15 is 0 Å². The van der Waals surface area contributed by atoms with Crippen LogP contribution in [-0.4, -0.2) is 24.0 Å². The molecule has 0 unspecified atom stereocenters. The molecule has 0 atom stereocenters. The minimum atomic E-state index is -0.336. The molecule has 35 heavy (non-hydrogen) atoms. The molecule has 0 aromatic heterocycles. The standard InChI is InChI=1S/C29H23BrN2O3/c1-19-12-14-26(23(16-19)28(34)20-8-4-2-5-9-20)32-27(33)18-31-25-15-13-22(30)17-24(25)29(35)21-10-6-3-7-11-21/h2-17,31H,18H2,1H3,(H,32,33). The van der Waals surface area contributed by atoms with Gasteiger partial charge in [-0.25, -0.2) is 0 Å². The van der Waals surface area contributed by atoms with Crippen molar-refractivity contribution in [3.63, 3.8) is 0 Å². The Morgan fingerprint density at radius 1 is 0.686 bits per heavy atom. The van der Waals surface area contributed by atoms with Gasteiger partial charge in [-0.1, -0.05) is 88.2 Å². The van der Waals surface area contributed by atoms with Crippen LogP contribution in [0.4, 0.5) is 11.4 Å². The highest BCUT2D eigenvalue weighted by molar-refractivity contribution is 9.10. The number of hydrogen-bond donors (Lipinski definition) is 2. The molecule has 0 aliphatic rings. The quantitative estimate of drug-likeness (QED) is 0.265. The van der Waals surface area contributed by atoms with Gasteiger partial charge in [0.1, 0.15) is 0 Å². The maximum Gasteiger partial charge on any atom is 0.243 e. The fraction of sp³-hybridized carbons (Fsp3) is 0.0690. The Balaban J connectivity index is 1.51. The van der Waals surface area contributed by atoms with Crippen molar-refractivity contribution in [3.05, 3.63) is 129 Å². The van der Waals surface area contributed by atoms with Gasteiger partial charge in [0.2, 0.25) is 5.91 Å². The van der Waals surface area contributed by atoms with E-state index in [-0.39, 0.29) is 24.0 Å². The van der Waals surface area contributed by atoms with Crippen LogP contribution in [0.3, 0.4) is 0 Å². The Morgan fingerprint density at radius 3 is 1.83 bits per heavy atom. The largest absolute Gasteiger partial charge is 0.376 e. The number of carbonyl (C=O) groups is 3. The van der Waals surface area contributed by atoms with E-state index in [1.165, 1.54) is 0 Å². The minimum Gasteiger partial charge on any atom is -0.376 e. The Kier molecular flexibility index (Phi) is 7.53. The van der Waals surface area contributed by atoms with E-state index in [4.69, 9.17) is 0 Å². The van der Waals surface area contributed by atoms with Gasteiger partial charge in [0.25, 0.3) is 0 Å². The Hall–Kier alpha value is -4.03. The molecule has 0 radical (unpaired) electrons. The molecule has 1 amide bonds. The number of benzene rings is 4. The van der Waals surface area contributed by atoms with E-state index in [0.29, 0.717) is 33.6 Å². The predicted molar refractivity (Wildman–Crippen MR) is 142 cm³/mol. The number of amides is 1. The van der Waals surface area contributed by atoms with Crippen molar-refractivity contribution in [1.82, 2.24) is 0 Å². The van der Waals surface area contributed by atoms with Gasteiger partial charge in [-0.2, -0.15) is 0 Å². The Bertz CT molecular complexity index is 1390. The summed E-state index contributed by atoms with van der Waals surface area (Å²) >= 11 is 3.42. The van der Waals surface area contributed by atoms with Crippen molar-refractivity contribution >= 4 is 44.8 Å². The molecule has 0 fully saturated rings. The molecule has 2 N–H and O–H groups in total. The monoisotopic (exact) mass is 526 g/mol. The van der Waals surface area contributed by atoms with E-state index in [9.17, 15) is 14.4 Å². The van der Waals surface area contributed by atoms with Crippen LogP contribution in [0.1, 0.15) is 37.4 Å². The van der Waals surface area contributed by atoms with Crippen LogP contribution in [0, 0.1) is 6.92 Å². The topological polar surface area (TPSA) is 75.3 Å². The molecule has 0 spiro atoms. The van der Waals surface area contributed by atoms with Crippen LogP contribution in [-0.2, 0) is 4.79 Å². The normalized spacial score (nSPS) is 10.5. The third-order valence-corrected chi connectivity index (χ3v) is 5.92. The van der Waals surface area contributed by atoms with E-state index in [1.807, 2.05) is 37.3 Å². The molecule has 174 valence electrons. The molecule has 0 saturated heterocycles. The highest BCUT2D eigenvalue weighted by Gasteiger charge is 2.17. The third-order valence-electron chi connectivity index (χ3n) is 5.43. The van der Waals surface area contributed by atoms with Gasteiger partial charge in [-0.15, -0.1) is 0 Å². The first-order valence-corrected chi connectivity index (χ1v) is 11.8. The molecule has 5 nitrogen and oxygen atoms in total. The van der Waals surface area contributed by atoms with Crippen LogP contribution in [0.2, 0.25) is 0 Å². The molecular formula is C29H23BrN2O3. The van der Waals surface area contributed by atoms with Gasteiger partial charge in [0.15, 0.2) is 11.6 Å². The highest BCUT2D eigenvalue weighted by Crippen LogP contribution is 2.25. The summed E-state index contributed by atoms with van der Waals surface area (Å²) in [4.78, 5) is 38.9. The lowest BCUT2D eigenvalue weighted by Gasteiger charge is -2.14. The van der Waals surface area contributed by atoms with Gasteiger partial charge in [0.05, 0.1) is 12.2 Å². The molecule has 4 rings (SSSR count). The molecule has 4 aromatic carbocycles. The molecule has 0 bridgehead atoms. The first-order valence-electron chi connectivity index (χ1n) is 11.1. The van der Waals surface area contributed by atoms with Gasteiger partial charge in [0, 0.05) is 32.4 Å². The average Bonchev–Trinajstić information content (AvgIpc) is 2.89. The van der Waals surface area contributed by atoms with Crippen molar-refractivity contribution in [3.8, 4) is 0 Å². The van der Waals surface area contributed by atoms with Crippen molar-refractivity contribution in [1.29, 1.82) is 0 Å². The predicted octanol–water partition coefficient (Wildman–Crippen LogP) is 6.27. The summed E-state index contributed by atoms with van der Waals surface area (Å²) in [5.74, 6) is -0.651. The zero-order valence-corrected chi connectivity index (χ0v) is 20.6. The number of anilines is 2. The summed E-state index contributed by atoms with van der Waals surface area (Å²) < 4.78 is 0.760. The summed E-state index contributed by atoms with van der Waals surface area (Å²) in [6.45, 7) is 1.82. The summed E-state index contributed by atoms with van der Waals surface area (Å²) in [5, 5.41) is 5.90. The summed E-state index contributed by atoms with van der Waals surface area (Å²) in [5.41, 5.74) is 3.88. The molecular weight excluding hydrogens is 504 g/mol. The van der Waals surface area contributed by atoms with Crippen molar-refractivity contribution in [2.75, 3.05) is 17.2 Å². The number of aryl methyl sites for hydroxylation is 1. The Morgan fingerprint density at radius 2 is 1.23 bits per heavy atom. The Labute approximate surface area is 212 Å². The number of hydrogen-bond acceptors (Lipinski definition) is 4. The van der Waals surface area contributed by atoms with Crippen molar-refractivity contribution in [2.24, 2.45) is 0 Å². The molecule has 0 aliphatic carbocycles. The van der Waals surface area contributed by atoms with Crippen LogP contribution >= 0.6 is 15.9 Å². The fourth-order valence-electron chi connectivity index (χ4n) is 3.67. The minimum absolute atomic E-state index is 0.0798. The average molecular weight is 527 g/mol. The molecule has 0 saturated carbocycles. The molecule has 6 heteroatoms.